The van der Waals surface area contributed by atoms with Crippen LogP contribution >= 0.6 is 34.5 Å². The molecule has 3 aromatic heterocycles. The second kappa shape index (κ2) is 9.72. The van der Waals surface area contributed by atoms with E-state index in [-0.39, 0.29) is 5.56 Å². The largest absolute Gasteiger partial charge is 0.496 e. The zero-order valence-corrected chi connectivity index (χ0v) is 22.6. The van der Waals surface area contributed by atoms with E-state index in [9.17, 15) is 4.79 Å². The maximum absolute atomic E-state index is 13.3. The summed E-state index contributed by atoms with van der Waals surface area (Å²) < 4.78 is 9.03. The Morgan fingerprint density at radius 1 is 1.00 bits per heavy atom. The molecule has 0 saturated carbocycles. The Bertz CT molecular complexity index is 1930. The van der Waals surface area contributed by atoms with Crippen LogP contribution in [0.2, 0.25) is 10.0 Å². The van der Waals surface area contributed by atoms with Crippen LogP contribution in [0.5, 0.6) is 5.75 Å². The van der Waals surface area contributed by atoms with Crippen LogP contribution in [0.4, 0.5) is 0 Å². The molecule has 0 spiro atoms. The van der Waals surface area contributed by atoms with Gasteiger partial charge in [0.05, 0.1) is 22.4 Å². The maximum Gasteiger partial charge on any atom is 0.291 e. The van der Waals surface area contributed by atoms with Crippen molar-refractivity contribution in [2.45, 2.75) is 6.92 Å². The van der Waals surface area contributed by atoms with Crippen molar-refractivity contribution in [1.82, 2.24) is 24.4 Å². The van der Waals surface area contributed by atoms with Crippen molar-refractivity contribution in [2.24, 2.45) is 0 Å². The van der Waals surface area contributed by atoms with E-state index < -0.39 is 0 Å². The third-order valence-corrected chi connectivity index (χ3v) is 7.58. The lowest BCUT2D eigenvalue weighted by atomic mass is 10.0. The molecule has 0 radical (unpaired) electrons. The van der Waals surface area contributed by atoms with Gasteiger partial charge in [-0.15, -0.1) is 5.10 Å². The Balaban J connectivity index is 1.49. The van der Waals surface area contributed by atoms with E-state index in [1.165, 1.54) is 15.9 Å². The summed E-state index contributed by atoms with van der Waals surface area (Å²) in [5.41, 5.74) is 4.69. The third kappa shape index (κ3) is 4.36. The smallest absolute Gasteiger partial charge is 0.291 e. The number of para-hydroxylation sites is 1. The molecule has 10 heteroatoms. The Morgan fingerprint density at radius 2 is 1.82 bits per heavy atom. The van der Waals surface area contributed by atoms with E-state index in [1.54, 1.807) is 25.3 Å². The van der Waals surface area contributed by atoms with Gasteiger partial charge in [-0.25, -0.2) is 4.68 Å². The maximum atomic E-state index is 13.3. The van der Waals surface area contributed by atoms with Crippen molar-refractivity contribution in [3.8, 4) is 34.1 Å². The molecule has 0 aliphatic rings. The normalized spacial score (nSPS) is 11.9. The summed E-state index contributed by atoms with van der Waals surface area (Å²) in [4.78, 5) is 18.3. The second-order valence-corrected chi connectivity index (χ2v) is 10.4. The van der Waals surface area contributed by atoms with Gasteiger partial charge in [0.15, 0.2) is 5.82 Å². The van der Waals surface area contributed by atoms with E-state index in [0.717, 1.165) is 33.8 Å². The molecule has 0 amide bonds. The predicted molar refractivity (Wildman–Crippen MR) is 152 cm³/mol. The van der Waals surface area contributed by atoms with Gasteiger partial charge in [-0.2, -0.15) is 14.6 Å². The van der Waals surface area contributed by atoms with Crippen molar-refractivity contribution in [2.75, 3.05) is 7.11 Å². The molecule has 6 rings (SSSR count). The SMILES string of the molecule is COc1ccc(-c2nn(-c3ccccc3)cc2/C=c2\sc3nc(-c4ccc(Cl)cc4Cl)nn3c2=O)cc1C. The van der Waals surface area contributed by atoms with E-state index in [0.29, 0.717) is 30.9 Å². The molecular formula is C28H19Cl2N5O2S. The van der Waals surface area contributed by atoms with Gasteiger partial charge in [0.25, 0.3) is 5.56 Å². The van der Waals surface area contributed by atoms with Crippen LogP contribution in [0.1, 0.15) is 11.1 Å². The number of hydrogen-bond donors (Lipinski definition) is 0. The lowest BCUT2D eigenvalue weighted by Crippen LogP contribution is -2.23. The molecule has 3 aromatic carbocycles. The average Bonchev–Trinajstić information content (AvgIpc) is 3.60. The second-order valence-electron chi connectivity index (χ2n) is 8.57. The van der Waals surface area contributed by atoms with Crippen LogP contribution in [0.15, 0.2) is 77.7 Å². The summed E-state index contributed by atoms with van der Waals surface area (Å²) in [7, 11) is 1.65. The van der Waals surface area contributed by atoms with Gasteiger partial charge in [-0.3, -0.25) is 4.79 Å². The number of nitrogens with zero attached hydrogens (tertiary/aromatic N) is 5. The number of ether oxygens (including phenoxy) is 1. The van der Waals surface area contributed by atoms with Crippen LogP contribution in [0, 0.1) is 6.92 Å². The number of thiazole rings is 1. The Hall–Kier alpha value is -3.98. The summed E-state index contributed by atoms with van der Waals surface area (Å²) in [5, 5.41) is 10.2. The number of halogens is 2. The van der Waals surface area contributed by atoms with E-state index in [1.807, 2.05) is 72.4 Å². The fourth-order valence-corrected chi connectivity index (χ4v) is 5.61. The average molecular weight is 560 g/mol. The third-order valence-electron chi connectivity index (χ3n) is 6.07. The lowest BCUT2D eigenvalue weighted by molar-refractivity contribution is 0.412. The number of benzene rings is 3. The highest BCUT2D eigenvalue weighted by Crippen LogP contribution is 2.30. The van der Waals surface area contributed by atoms with Crippen molar-refractivity contribution < 1.29 is 4.74 Å². The zero-order chi connectivity index (χ0) is 26.4. The number of aryl methyl sites for hydroxylation is 1. The van der Waals surface area contributed by atoms with Crippen LogP contribution in [-0.4, -0.2) is 31.5 Å². The number of aromatic nitrogens is 5. The summed E-state index contributed by atoms with van der Waals surface area (Å²) in [5.74, 6) is 1.17. The summed E-state index contributed by atoms with van der Waals surface area (Å²) in [6.07, 6.45) is 3.75. The molecule has 0 fully saturated rings. The quantitative estimate of drug-likeness (QED) is 0.265. The van der Waals surface area contributed by atoms with Crippen molar-refractivity contribution in [3.63, 3.8) is 0 Å². The van der Waals surface area contributed by atoms with Crippen LogP contribution in [0.25, 0.3) is 39.4 Å². The first-order valence-corrected chi connectivity index (χ1v) is 13.2. The molecule has 0 saturated heterocycles. The highest BCUT2D eigenvalue weighted by atomic mass is 35.5. The van der Waals surface area contributed by atoms with E-state index in [2.05, 4.69) is 10.1 Å². The summed E-state index contributed by atoms with van der Waals surface area (Å²) >= 11 is 13.6. The standard InChI is InChI=1S/C28H19Cl2N5O2S/c1-16-12-17(8-11-23(16)37-2)25-18(15-34(32-25)20-6-4-3-5-7-20)13-24-27(36)35-28(38-24)31-26(33-35)21-10-9-19(29)14-22(21)30/h3-15H,1-2H3/b24-13-. The molecule has 0 unspecified atom stereocenters. The molecule has 0 aliphatic carbocycles. The van der Waals surface area contributed by atoms with Crippen molar-refractivity contribution in [3.05, 3.63) is 109 Å². The Kier molecular flexibility index (Phi) is 6.23. The minimum absolute atomic E-state index is 0.266. The van der Waals surface area contributed by atoms with Crippen molar-refractivity contribution in [1.29, 1.82) is 0 Å². The van der Waals surface area contributed by atoms with Gasteiger partial charge >= 0.3 is 0 Å². The van der Waals surface area contributed by atoms with Crippen LogP contribution in [0.3, 0.4) is 0 Å². The van der Waals surface area contributed by atoms with Gasteiger partial charge in [0, 0.05) is 27.9 Å². The molecule has 0 aliphatic heterocycles. The fraction of sp³-hybridized carbons (Fsp3) is 0.0714. The van der Waals surface area contributed by atoms with Gasteiger partial charge in [-0.1, -0.05) is 52.7 Å². The first kappa shape index (κ1) is 24.4. The number of hydrogen-bond acceptors (Lipinski definition) is 6. The van der Waals surface area contributed by atoms with Crippen molar-refractivity contribution >= 4 is 45.6 Å². The fourth-order valence-electron chi connectivity index (χ4n) is 4.22. The van der Waals surface area contributed by atoms with Crippen LogP contribution in [-0.2, 0) is 0 Å². The molecule has 0 atom stereocenters. The first-order valence-electron chi connectivity index (χ1n) is 11.6. The predicted octanol–water partition coefficient (Wildman–Crippen LogP) is 5.84. The van der Waals surface area contributed by atoms with E-state index >= 15 is 0 Å². The molecule has 0 bridgehead atoms. The van der Waals surface area contributed by atoms with Gasteiger partial charge in [-0.05, 0) is 67.1 Å². The lowest BCUT2D eigenvalue weighted by Gasteiger charge is -2.06. The highest BCUT2D eigenvalue weighted by Gasteiger charge is 2.17. The molecule has 38 heavy (non-hydrogen) atoms. The molecule has 0 N–H and O–H groups in total. The van der Waals surface area contributed by atoms with Gasteiger partial charge in [0.2, 0.25) is 4.96 Å². The molecule has 188 valence electrons. The van der Waals surface area contributed by atoms with E-state index in [4.69, 9.17) is 33.0 Å². The number of methoxy groups -OCH3 is 1. The highest BCUT2D eigenvalue weighted by molar-refractivity contribution is 7.15. The van der Waals surface area contributed by atoms with Crippen LogP contribution < -0.4 is 14.8 Å². The molecule has 6 aromatic rings. The molecular weight excluding hydrogens is 541 g/mol. The Morgan fingerprint density at radius 3 is 2.53 bits per heavy atom. The number of fused-ring (bicyclic) bond motifs is 1. The molecule has 7 nitrogen and oxygen atoms in total. The molecule has 3 heterocycles. The minimum atomic E-state index is -0.266. The topological polar surface area (TPSA) is 74.3 Å². The number of rotatable bonds is 5. The summed E-state index contributed by atoms with van der Waals surface area (Å²) in [6.45, 7) is 1.99. The Labute approximate surface area is 231 Å². The monoisotopic (exact) mass is 559 g/mol. The zero-order valence-electron chi connectivity index (χ0n) is 20.2. The first-order chi connectivity index (χ1) is 18.4. The summed E-state index contributed by atoms with van der Waals surface area (Å²) in [6, 6.07) is 20.8. The minimum Gasteiger partial charge on any atom is -0.496 e. The van der Waals surface area contributed by atoms with Gasteiger partial charge < -0.3 is 4.74 Å². The van der Waals surface area contributed by atoms with Gasteiger partial charge in [0.1, 0.15) is 11.4 Å².